The number of hydrogen-bond acceptors (Lipinski definition) is 7. The van der Waals surface area contributed by atoms with Crippen molar-refractivity contribution in [2.45, 2.75) is 4.90 Å². The summed E-state index contributed by atoms with van der Waals surface area (Å²) in [7, 11) is -4.62. The van der Waals surface area contributed by atoms with Gasteiger partial charge in [-0.25, -0.2) is 13.2 Å². The average molecular weight is 571 g/mol. The molecule has 1 amide bonds. The molecule has 4 aromatic carbocycles. The van der Waals surface area contributed by atoms with E-state index in [4.69, 9.17) is 27.9 Å². The summed E-state index contributed by atoms with van der Waals surface area (Å²) in [5.74, 6) is -1.52. The van der Waals surface area contributed by atoms with Gasteiger partial charge in [0, 0.05) is 27.7 Å². The number of non-ortho nitro benzene ring substituents is 1. The molecular formula is C26H16Cl2N2O7S. The summed E-state index contributed by atoms with van der Waals surface area (Å²) in [6, 6.07) is 21.1. The van der Waals surface area contributed by atoms with Gasteiger partial charge in [-0.1, -0.05) is 29.3 Å². The Hall–Kier alpha value is -4.25. The van der Waals surface area contributed by atoms with Crippen molar-refractivity contribution < 1.29 is 27.7 Å². The molecule has 0 aliphatic carbocycles. The van der Waals surface area contributed by atoms with Crippen molar-refractivity contribution in [3.63, 3.8) is 0 Å². The fourth-order valence-electron chi connectivity index (χ4n) is 3.34. The van der Waals surface area contributed by atoms with Gasteiger partial charge >= 0.3 is 5.97 Å². The maximum atomic E-state index is 13.6. The van der Waals surface area contributed by atoms with E-state index < -0.39 is 37.4 Å². The zero-order valence-electron chi connectivity index (χ0n) is 19.2. The van der Waals surface area contributed by atoms with Crippen molar-refractivity contribution in [3.8, 4) is 5.75 Å². The molecule has 0 bridgehead atoms. The molecule has 0 saturated heterocycles. The first-order valence-corrected chi connectivity index (χ1v) is 12.9. The SMILES string of the molecule is O=C(Oc1ccc(N(C(=O)c2ccc(Cl)cc2)S(=O)(=O)c2cccc([N+](=O)[O-])c2)cc1)c1ccc(Cl)cc1. The molecule has 4 aromatic rings. The third-order valence-electron chi connectivity index (χ3n) is 5.20. The van der Waals surface area contributed by atoms with E-state index in [9.17, 15) is 28.1 Å². The zero-order valence-corrected chi connectivity index (χ0v) is 21.5. The highest BCUT2D eigenvalue weighted by Gasteiger charge is 2.33. The zero-order chi connectivity index (χ0) is 27.4. The fraction of sp³-hybridized carbons (Fsp3) is 0. The van der Waals surface area contributed by atoms with Crippen LogP contribution in [-0.4, -0.2) is 25.2 Å². The summed E-state index contributed by atoms with van der Waals surface area (Å²) in [6.45, 7) is 0. The van der Waals surface area contributed by atoms with Crippen LogP contribution in [0.15, 0.2) is 102 Å². The summed E-state index contributed by atoms with van der Waals surface area (Å²) in [5, 5.41) is 12.0. The number of anilines is 1. The van der Waals surface area contributed by atoms with Crippen LogP contribution in [0.1, 0.15) is 20.7 Å². The van der Waals surface area contributed by atoms with Gasteiger partial charge in [0.15, 0.2) is 0 Å². The van der Waals surface area contributed by atoms with E-state index in [0.29, 0.717) is 14.4 Å². The molecule has 0 N–H and O–H groups in total. The van der Waals surface area contributed by atoms with Crippen molar-refractivity contribution in [2.24, 2.45) is 0 Å². The maximum Gasteiger partial charge on any atom is 0.343 e. The third kappa shape index (κ3) is 5.83. The topological polar surface area (TPSA) is 124 Å². The molecule has 0 unspecified atom stereocenters. The van der Waals surface area contributed by atoms with E-state index in [0.717, 1.165) is 18.2 Å². The molecule has 0 aromatic heterocycles. The van der Waals surface area contributed by atoms with E-state index in [2.05, 4.69) is 0 Å². The number of rotatable bonds is 7. The van der Waals surface area contributed by atoms with Crippen molar-refractivity contribution in [3.05, 3.63) is 128 Å². The Balaban J connectivity index is 1.72. The number of esters is 1. The second kappa shape index (κ2) is 11.0. The average Bonchev–Trinajstić information content (AvgIpc) is 2.90. The quantitative estimate of drug-likeness (QED) is 0.113. The number of amides is 1. The predicted molar refractivity (Wildman–Crippen MR) is 141 cm³/mol. The second-order valence-electron chi connectivity index (χ2n) is 7.73. The van der Waals surface area contributed by atoms with Gasteiger partial charge < -0.3 is 4.74 Å². The molecule has 0 aliphatic heterocycles. The summed E-state index contributed by atoms with van der Waals surface area (Å²) in [6.07, 6.45) is 0. The largest absolute Gasteiger partial charge is 0.423 e. The lowest BCUT2D eigenvalue weighted by atomic mass is 10.2. The van der Waals surface area contributed by atoms with Crippen LogP contribution in [0.3, 0.4) is 0 Å². The second-order valence-corrected chi connectivity index (χ2v) is 10.4. The van der Waals surface area contributed by atoms with Crippen LogP contribution < -0.4 is 9.04 Å². The van der Waals surface area contributed by atoms with E-state index in [1.165, 1.54) is 78.9 Å². The molecule has 9 nitrogen and oxygen atoms in total. The molecule has 12 heteroatoms. The lowest BCUT2D eigenvalue weighted by molar-refractivity contribution is -0.385. The monoisotopic (exact) mass is 570 g/mol. The molecule has 0 aliphatic rings. The van der Waals surface area contributed by atoms with Crippen molar-refractivity contribution in [1.29, 1.82) is 0 Å². The van der Waals surface area contributed by atoms with Gasteiger partial charge in [-0.3, -0.25) is 14.9 Å². The van der Waals surface area contributed by atoms with Crippen LogP contribution in [0.25, 0.3) is 0 Å². The standard InChI is InChI=1S/C26H16Cl2N2O7S/c27-19-8-4-17(5-9-19)25(31)29(38(35,36)24-3-1-2-22(16-24)30(33)34)21-12-14-23(15-13-21)37-26(32)18-6-10-20(28)11-7-18/h1-16H. The molecule has 38 heavy (non-hydrogen) atoms. The lowest BCUT2D eigenvalue weighted by Gasteiger charge is -2.23. The summed E-state index contributed by atoms with van der Waals surface area (Å²) >= 11 is 11.7. The van der Waals surface area contributed by atoms with Crippen LogP contribution in [0.5, 0.6) is 5.75 Å². The number of sulfonamides is 1. The first kappa shape index (κ1) is 26.8. The van der Waals surface area contributed by atoms with Crippen molar-refractivity contribution >= 4 is 56.5 Å². The highest BCUT2D eigenvalue weighted by atomic mass is 35.5. The Labute approximate surface area is 227 Å². The maximum absolute atomic E-state index is 13.6. The summed E-state index contributed by atoms with van der Waals surface area (Å²) < 4.78 is 33.1. The number of ether oxygens (including phenoxy) is 1. The molecule has 192 valence electrons. The number of carbonyl (C=O) groups excluding carboxylic acids is 2. The van der Waals surface area contributed by atoms with Crippen molar-refractivity contribution in [1.82, 2.24) is 0 Å². The van der Waals surface area contributed by atoms with Gasteiger partial charge in [-0.2, -0.15) is 4.31 Å². The van der Waals surface area contributed by atoms with E-state index in [-0.39, 0.29) is 22.6 Å². The summed E-state index contributed by atoms with van der Waals surface area (Å²) in [5.41, 5.74) is -0.315. The summed E-state index contributed by atoms with van der Waals surface area (Å²) in [4.78, 5) is 35.9. The van der Waals surface area contributed by atoms with E-state index >= 15 is 0 Å². The molecule has 4 rings (SSSR count). The molecule has 0 spiro atoms. The van der Waals surface area contributed by atoms with Crippen LogP contribution in [0.4, 0.5) is 11.4 Å². The number of benzene rings is 4. The van der Waals surface area contributed by atoms with Gasteiger partial charge in [0.25, 0.3) is 21.6 Å². The number of nitro benzene ring substituents is 1. The minimum atomic E-state index is -4.62. The number of halogens is 2. The lowest BCUT2D eigenvalue weighted by Crippen LogP contribution is -2.37. The Bertz CT molecular complexity index is 1620. The number of nitro groups is 1. The number of hydrogen-bond donors (Lipinski definition) is 0. The Morgan fingerprint density at radius 1 is 0.789 bits per heavy atom. The van der Waals surface area contributed by atoms with E-state index in [1.54, 1.807) is 0 Å². The van der Waals surface area contributed by atoms with Gasteiger partial charge in [-0.05, 0) is 78.9 Å². The fourth-order valence-corrected chi connectivity index (χ4v) is 5.05. The van der Waals surface area contributed by atoms with Crippen LogP contribution in [0, 0.1) is 10.1 Å². The van der Waals surface area contributed by atoms with Crippen LogP contribution in [-0.2, 0) is 10.0 Å². The third-order valence-corrected chi connectivity index (χ3v) is 7.41. The van der Waals surface area contributed by atoms with E-state index in [1.807, 2.05) is 0 Å². The first-order valence-electron chi connectivity index (χ1n) is 10.7. The minimum absolute atomic E-state index is 0.00153. The molecular weight excluding hydrogens is 555 g/mol. The predicted octanol–water partition coefficient (Wildman–Crippen LogP) is 6.16. The Morgan fingerprint density at radius 3 is 1.89 bits per heavy atom. The smallest absolute Gasteiger partial charge is 0.343 e. The molecule has 0 saturated carbocycles. The highest BCUT2D eigenvalue weighted by Crippen LogP contribution is 2.30. The van der Waals surface area contributed by atoms with Gasteiger partial charge in [0.05, 0.1) is 21.1 Å². The normalized spacial score (nSPS) is 11.0. The van der Waals surface area contributed by atoms with Gasteiger partial charge in [0.1, 0.15) is 5.75 Å². The number of nitrogens with zero attached hydrogens (tertiary/aromatic N) is 2. The molecule has 0 fully saturated rings. The molecule has 0 heterocycles. The molecule has 0 atom stereocenters. The van der Waals surface area contributed by atoms with Gasteiger partial charge in [0.2, 0.25) is 0 Å². The van der Waals surface area contributed by atoms with Crippen LogP contribution in [0.2, 0.25) is 10.0 Å². The molecule has 0 radical (unpaired) electrons. The highest BCUT2D eigenvalue weighted by molar-refractivity contribution is 7.93. The van der Waals surface area contributed by atoms with Crippen LogP contribution >= 0.6 is 23.2 Å². The Kier molecular flexibility index (Phi) is 7.77. The van der Waals surface area contributed by atoms with Crippen molar-refractivity contribution in [2.75, 3.05) is 4.31 Å². The van der Waals surface area contributed by atoms with Gasteiger partial charge in [-0.15, -0.1) is 0 Å². The minimum Gasteiger partial charge on any atom is -0.423 e. The first-order chi connectivity index (χ1) is 18.1. The Morgan fingerprint density at radius 2 is 1.34 bits per heavy atom. The number of carbonyl (C=O) groups is 2.